The van der Waals surface area contributed by atoms with E-state index in [1.54, 1.807) is 24.3 Å². The number of aromatic amines is 1. The van der Waals surface area contributed by atoms with Gasteiger partial charge in [-0.1, -0.05) is 43.9 Å². The van der Waals surface area contributed by atoms with Crippen molar-refractivity contribution in [2.75, 3.05) is 5.32 Å². The first kappa shape index (κ1) is 19.4. The number of aromatic nitrogens is 2. The van der Waals surface area contributed by atoms with E-state index in [-0.39, 0.29) is 11.6 Å². The minimum Gasteiger partial charge on any atom is -0.494 e. The zero-order valence-electron chi connectivity index (χ0n) is 15.4. The van der Waals surface area contributed by atoms with Crippen molar-refractivity contribution in [1.82, 2.24) is 15.0 Å². The molecule has 0 spiro atoms. The number of para-hydroxylation sites is 1. The Labute approximate surface area is 161 Å². The van der Waals surface area contributed by atoms with Crippen molar-refractivity contribution in [3.63, 3.8) is 0 Å². The number of benzene rings is 1. The van der Waals surface area contributed by atoms with Gasteiger partial charge in [-0.05, 0) is 25.0 Å². The second kappa shape index (κ2) is 9.03. The molecule has 1 heterocycles. The molecule has 1 aliphatic rings. The van der Waals surface area contributed by atoms with E-state index in [4.69, 9.17) is 0 Å². The van der Waals surface area contributed by atoms with Crippen molar-refractivity contribution in [1.29, 1.82) is 0 Å². The second-order valence-corrected chi connectivity index (χ2v) is 6.70. The van der Waals surface area contributed by atoms with Crippen LogP contribution in [0.3, 0.4) is 0 Å². The van der Waals surface area contributed by atoms with E-state index in [1.165, 1.54) is 4.57 Å². The second-order valence-electron chi connectivity index (χ2n) is 6.70. The maximum absolute atomic E-state index is 12.2. The summed E-state index contributed by atoms with van der Waals surface area (Å²) in [4.78, 5) is 38.4. The molecule has 1 aromatic carbocycles. The van der Waals surface area contributed by atoms with Crippen molar-refractivity contribution in [2.45, 2.75) is 44.6 Å². The molecule has 9 heteroatoms. The van der Waals surface area contributed by atoms with Gasteiger partial charge in [0.25, 0.3) is 5.56 Å². The maximum atomic E-state index is 12.2. The monoisotopic (exact) mass is 385 g/mol. The Morgan fingerprint density at radius 2 is 1.82 bits per heavy atom. The zero-order chi connectivity index (χ0) is 19.9. The fourth-order valence-electron chi connectivity index (χ4n) is 3.36. The highest BCUT2D eigenvalue weighted by atomic mass is 16.3. The average molecular weight is 385 g/mol. The number of carbonyl (C=O) groups excluding carboxylic acids is 1. The molecule has 0 unspecified atom stereocenters. The quantitative estimate of drug-likeness (QED) is 0.366. The molecule has 1 saturated carbocycles. The van der Waals surface area contributed by atoms with E-state index < -0.39 is 23.2 Å². The Kier molecular flexibility index (Phi) is 6.25. The molecule has 9 nitrogen and oxygen atoms in total. The van der Waals surface area contributed by atoms with Crippen LogP contribution in [-0.4, -0.2) is 26.9 Å². The van der Waals surface area contributed by atoms with Crippen LogP contribution in [0.1, 0.15) is 50.1 Å². The normalized spacial score (nSPS) is 15.3. The number of nitrogens with one attached hydrogen (secondary N) is 3. The van der Waals surface area contributed by atoms with Crippen LogP contribution in [0.5, 0.6) is 5.88 Å². The van der Waals surface area contributed by atoms with Gasteiger partial charge in [-0.3, -0.25) is 14.3 Å². The van der Waals surface area contributed by atoms with Crippen LogP contribution >= 0.6 is 0 Å². The molecule has 1 fully saturated rings. The summed E-state index contributed by atoms with van der Waals surface area (Å²) >= 11 is 0. The van der Waals surface area contributed by atoms with E-state index in [0.717, 1.165) is 44.7 Å². The molecule has 148 valence electrons. The first-order valence-electron chi connectivity index (χ1n) is 9.29. The number of rotatable bonds is 4. The van der Waals surface area contributed by atoms with Crippen LogP contribution in [0.2, 0.25) is 0 Å². The van der Waals surface area contributed by atoms with E-state index >= 15 is 0 Å². The summed E-state index contributed by atoms with van der Waals surface area (Å²) in [6.45, 7) is 0. The standard InChI is InChI=1S/C19H23N5O4/c25-16-15(12-20-23-18(27)21-13-8-4-3-5-9-13)17(26)24(19(28)22-16)14-10-6-1-2-7-11-14/h3-5,8-9,12,14,26H,1-2,6-7,10-11H2,(H2,21,23,27)(H,22,25,28)/b20-12+. The molecule has 0 bridgehead atoms. The minimum absolute atomic E-state index is 0.173. The lowest BCUT2D eigenvalue weighted by Gasteiger charge is -2.19. The molecule has 1 aliphatic carbocycles. The van der Waals surface area contributed by atoms with E-state index in [1.807, 2.05) is 6.07 Å². The summed E-state index contributed by atoms with van der Waals surface area (Å²) in [5.41, 5.74) is 1.23. The van der Waals surface area contributed by atoms with Crippen LogP contribution < -0.4 is 22.0 Å². The predicted molar refractivity (Wildman–Crippen MR) is 106 cm³/mol. The SMILES string of the molecule is O=C(N/N=C/c1c(O)n(C2CCCCCC2)c(=O)[nH]c1=O)Nc1ccccc1. The van der Waals surface area contributed by atoms with Gasteiger partial charge >= 0.3 is 11.7 Å². The molecule has 1 aromatic heterocycles. The van der Waals surface area contributed by atoms with Gasteiger partial charge in [-0.25, -0.2) is 15.0 Å². The smallest absolute Gasteiger partial charge is 0.339 e. The number of carbonyl (C=O) groups is 1. The van der Waals surface area contributed by atoms with Crippen LogP contribution in [-0.2, 0) is 0 Å². The van der Waals surface area contributed by atoms with E-state index in [0.29, 0.717) is 5.69 Å². The molecular weight excluding hydrogens is 362 g/mol. The van der Waals surface area contributed by atoms with E-state index in [9.17, 15) is 19.5 Å². The van der Waals surface area contributed by atoms with Crippen molar-refractivity contribution >= 4 is 17.9 Å². The van der Waals surface area contributed by atoms with Crippen molar-refractivity contribution in [3.8, 4) is 5.88 Å². The summed E-state index contributed by atoms with van der Waals surface area (Å²) in [5.74, 6) is -0.435. The minimum atomic E-state index is -0.763. The van der Waals surface area contributed by atoms with Gasteiger partial charge in [0.1, 0.15) is 5.56 Å². The Morgan fingerprint density at radius 1 is 1.14 bits per heavy atom. The zero-order valence-corrected chi connectivity index (χ0v) is 15.4. The third-order valence-corrected chi connectivity index (χ3v) is 4.73. The van der Waals surface area contributed by atoms with Gasteiger partial charge < -0.3 is 10.4 Å². The number of aromatic hydroxyl groups is 1. The summed E-state index contributed by atoms with van der Waals surface area (Å²) in [7, 11) is 0. The molecule has 3 rings (SSSR count). The fraction of sp³-hybridized carbons (Fsp3) is 0.368. The van der Waals surface area contributed by atoms with Gasteiger partial charge in [0.15, 0.2) is 0 Å². The Bertz CT molecular complexity index is 957. The van der Waals surface area contributed by atoms with Crippen LogP contribution in [0.25, 0.3) is 0 Å². The molecule has 0 radical (unpaired) electrons. The predicted octanol–water partition coefficient (Wildman–Crippen LogP) is 2.29. The van der Waals surface area contributed by atoms with Crippen LogP contribution in [0.4, 0.5) is 10.5 Å². The lowest BCUT2D eigenvalue weighted by Crippen LogP contribution is -2.34. The summed E-state index contributed by atoms with van der Waals surface area (Å²) in [6, 6.07) is 8.01. The Morgan fingerprint density at radius 3 is 2.50 bits per heavy atom. The number of urea groups is 1. The van der Waals surface area contributed by atoms with Gasteiger partial charge in [0.2, 0.25) is 5.88 Å². The molecule has 28 heavy (non-hydrogen) atoms. The highest BCUT2D eigenvalue weighted by Crippen LogP contribution is 2.28. The van der Waals surface area contributed by atoms with Gasteiger partial charge in [0, 0.05) is 11.7 Å². The first-order chi connectivity index (χ1) is 13.6. The average Bonchev–Trinajstić information content (AvgIpc) is 2.94. The number of hydrogen-bond acceptors (Lipinski definition) is 5. The molecule has 2 aromatic rings. The first-order valence-corrected chi connectivity index (χ1v) is 9.29. The lowest BCUT2D eigenvalue weighted by atomic mass is 10.1. The van der Waals surface area contributed by atoms with Crippen molar-refractivity contribution < 1.29 is 9.90 Å². The topological polar surface area (TPSA) is 129 Å². The van der Waals surface area contributed by atoms with Gasteiger partial charge in [-0.15, -0.1) is 0 Å². The molecule has 2 amide bonds. The summed E-state index contributed by atoms with van der Waals surface area (Å²) in [6.07, 6.45) is 6.64. The number of hydrogen-bond donors (Lipinski definition) is 4. The number of nitrogens with zero attached hydrogens (tertiary/aromatic N) is 2. The number of H-pyrrole nitrogens is 1. The highest BCUT2D eigenvalue weighted by Gasteiger charge is 2.21. The molecule has 0 atom stereocenters. The molecule has 0 aliphatic heterocycles. The lowest BCUT2D eigenvalue weighted by molar-refractivity contribution is 0.252. The Balaban J connectivity index is 1.76. The van der Waals surface area contributed by atoms with Crippen molar-refractivity contribution in [3.05, 3.63) is 56.7 Å². The Hall–Kier alpha value is -3.36. The van der Waals surface area contributed by atoms with E-state index in [2.05, 4.69) is 20.8 Å². The van der Waals surface area contributed by atoms with Gasteiger partial charge in [-0.2, -0.15) is 5.10 Å². The highest BCUT2D eigenvalue weighted by molar-refractivity contribution is 5.90. The van der Waals surface area contributed by atoms with Crippen molar-refractivity contribution in [2.24, 2.45) is 5.10 Å². The number of amides is 2. The summed E-state index contributed by atoms with van der Waals surface area (Å²) < 4.78 is 1.22. The van der Waals surface area contributed by atoms with Crippen LogP contribution in [0.15, 0.2) is 45.0 Å². The fourth-order valence-corrected chi connectivity index (χ4v) is 3.36. The molecular formula is C19H23N5O4. The number of anilines is 1. The molecule has 4 N–H and O–H groups in total. The largest absolute Gasteiger partial charge is 0.494 e. The maximum Gasteiger partial charge on any atom is 0.339 e. The summed E-state index contributed by atoms with van der Waals surface area (Å²) in [5, 5.41) is 16.8. The van der Waals surface area contributed by atoms with Crippen LogP contribution in [0, 0.1) is 0 Å². The third-order valence-electron chi connectivity index (χ3n) is 4.73. The third kappa shape index (κ3) is 4.67. The van der Waals surface area contributed by atoms with Gasteiger partial charge in [0.05, 0.1) is 6.21 Å². The molecule has 0 saturated heterocycles. The number of hydrazone groups is 1.